The zero-order valence-corrected chi connectivity index (χ0v) is 9.74. The predicted octanol–water partition coefficient (Wildman–Crippen LogP) is 2.26. The fraction of sp³-hybridized carbons (Fsp3) is 0.462. The van der Waals surface area contributed by atoms with E-state index in [-0.39, 0.29) is 11.9 Å². The topological polar surface area (TPSA) is 49.3 Å². The minimum atomic E-state index is -0.788. The third-order valence-electron chi connectivity index (χ3n) is 3.32. The Hall–Kier alpha value is -1.42. The van der Waals surface area contributed by atoms with Crippen molar-refractivity contribution in [3.8, 4) is 0 Å². The van der Waals surface area contributed by atoms with Gasteiger partial charge in [-0.25, -0.2) is 4.39 Å². The number of rotatable bonds is 2. The van der Waals surface area contributed by atoms with Crippen molar-refractivity contribution in [3.05, 3.63) is 35.1 Å². The van der Waals surface area contributed by atoms with Crippen LogP contribution in [0.1, 0.15) is 30.0 Å². The van der Waals surface area contributed by atoms with E-state index in [4.69, 9.17) is 0 Å². The molecule has 0 amide bonds. The molecule has 0 aliphatic carbocycles. The number of hydrogen-bond donors (Lipinski definition) is 2. The fourth-order valence-electron chi connectivity index (χ4n) is 2.37. The molecule has 0 aromatic heterocycles. The van der Waals surface area contributed by atoms with Crippen LogP contribution in [0, 0.1) is 18.7 Å². The Balaban J connectivity index is 2.29. The summed E-state index contributed by atoms with van der Waals surface area (Å²) in [6.45, 7) is 2.50. The summed E-state index contributed by atoms with van der Waals surface area (Å²) in [4.78, 5) is 11.2. The number of piperidine rings is 1. The van der Waals surface area contributed by atoms with Gasteiger partial charge in [0.2, 0.25) is 0 Å². The van der Waals surface area contributed by atoms with Gasteiger partial charge in [0.1, 0.15) is 5.82 Å². The Morgan fingerprint density at radius 3 is 2.94 bits per heavy atom. The van der Waals surface area contributed by atoms with Crippen LogP contribution in [0.25, 0.3) is 0 Å². The maximum absolute atomic E-state index is 13.2. The van der Waals surface area contributed by atoms with E-state index < -0.39 is 11.9 Å². The van der Waals surface area contributed by atoms with Gasteiger partial charge in [-0.15, -0.1) is 0 Å². The summed E-state index contributed by atoms with van der Waals surface area (Å²) in [5, 5.41) is 12.4. The molecule has 3 nitrogen and oxygen atoms in total. The molecular weight excluding hydrogens is 221 g/mol. The summed E-state index contributed by atoms with van der Waals surface area (Å²) in [5.74, 6) is -1.46. The average molecular weight is 237 g/mol. The third-order valence-corrected chi connectivity index (χ3v) is 3.32. The second kappa shape index (κ2) is 4.84. The third kappa shape index (κ3) is 2.47. The molecule has 2 N–H and O–H groups in total. The molecule has 4 heteroatoms. The van der Waals surface area contributed by atoms with E-state index in [9.17, 15) is 14.3 Å². The van der Waals surface area contributed by atoms with Crippen LogP contribution in [0.3, 0.4) is 0 Å². The van der Waals surface area contributed by atoms with Crippen LogP contribution < -0.4 is 5.32 Å². The molecule has 1 aliphatic heterocycles. The minimum Gasteiger partial charge on any atom is -0.481 e. The number of nitrogens with one attached hydrogen (secondary N) is 1. The quantitative estimate of drug-likeness (QED) is 0.829. The lowest BCUT2D eigenvalue weighted by atomic mass is 9.86. The van der Waals surface area contributed by atoms with Crippen molar-refractivity contribution < 1.29 is 14.3 Å². The van der Waals surface area contributed by atoms with Gasteiger partial charge in [-0.05, 0) is 43.5 Å². The Kier molecular flexibility index (Phi) is 3.43. The number of benzene rings is 1. The highest BCUT2D eigenvalue weighted by Crippen LogP contribution is 2.30. The first-order valence-electron chi connectivity index (χ1n) is 5.82. The Labute approximate surface area is 99.7 Å². The number of carbonyl (C=O) groups is 1. The van der Waals surface area contributed by atoms with Gasteiger partial charge < -0.3 is 10.4 Å². The van der Waals surface area contributed by atoms with Crippen molar-refractivity contribution in [3.63, 3.8) is 0 Å². The molecule has 0 saturated carbocycles. The molecule has 1 heterocycles. The maximum Gasteiger partial charge on any atom is 0.308 e. The van der Waals surface area contributed by atoms with Gasteiger partial charge in [-0.1, -0.05) is 12.1 Å². The van der Waals surface area contributed by atoms with E-state index in [1.54, 1.807) is 19.1 Å². The van der Waals surface area contributed by atoms with Gasteiger partial charge in [-0.2, -0.15) is 0 Å². The molecule has 0 radical (unpaired) electrons. The number of carboxylic acid groups (broad SMARTS) is 1. The van der Waals surface area contributed by atoms with E-state index in [1.807, 2.05) is 0 Å². The fourth-order valence-corrected chi connectivity index (χ4v) is 2.37. The number of aliphatic carboxylic acids is 1. The summed E-state index contributed by atoms with van der Waals surface area (Å²) >= 11 is 0. The van der Waals surface area contributed by atoms with E-state index in [0.717, 1.165) is 18.5 Å². The van der Waals surface area contributed by atoms with Crippen LogP contribution in [-0.4, -0.2) is 17.6 Å². The van der Waals surface area contributed by atoms with E-state index in [2.05, 4.69) is 5.32 Å². The maximum atomic E-state index is 13.2. The summed E-state index contributed by atoms with van der Waals surface area (Å²) in [6.07, 6.45) is 1.54. The molecule has 1 aliphatic rings. The lowest BCUT2D eigenvalue weighted by molar-refractivity contribution is -0.143. The monoisotopic (exact) mass is 237 g/mol. The highest BCUT2D eigenvalue weighted by molar-refractivity contribution is 5.71. The van der Waals surface area contributed by atoms with E-state index >= 15 is 0 Å². The van der Waals surface area contributed by atoms with Gasteiger partial charge in [-0.3, -0.25) is 4.79 Å². The molecule has 17 heavy (non-hydrogen) atoms. The van der Waals surface area contributed by atoms with Crippen molar-refractivity contribution in [1.29, 1.82) is 0 Å². The van der Waals surface area contributed by atoms with E-state index in [1.165, 1.54) is 6.07 Å². The second-order valence-electron chi connectivity index (χ2n) is 4.53. The van der Waals surface area contributed by atoms with Crippen LogP contribution in [0.15, 0.2) is 18.2 Å². The minimum absolute atomic E-state index is 0.208. The van der Waals surface area contributed by atoms with Crippen molar-refractivity contribution in [2.45, 2.75) is 25.8 Å². The number of aryl methyl sites for hydroxylation is 1. The zero-order valence-electron chi connectivity index (χ0n) is 9.74. The SMILES string of the molecule is Cc1cc(C2NCCCC2C(=O)O)ccc1F. The largest absolute Gasteiger partial charge is 0.481 e. The van der Waals surface area contributed by atoms with Crippen LogP contribution >= 0.6 is 0 Å². The van der Waals surface area contributed by atoms with Crippen molar-refractivity contribution in [2.75, 3.05) is 6.54 Å². The smallest absolute Gasteiger partial charge is 0.308 e. The van der Waals surface area contributed by atoms with Gasteiger partial charge in [0.05, 0.1) is 5.92 Å². The highest BCUT2D eigenvalue weighted by Gasteiger charge is 2.31. The standard InChI is InChI=1S/C13H16FNO2/c1-8-7-9(4-5-11(8)14)12-10(13(16)17)3-2-6-15-12/h4-5,7,10,12,15H,2-3,6H2,1H3,(H,16,17). The summed E-state index contributed by atoms with van der Waals surface area (Å²) in [6, 6.07) is 4.59. The first kappa shape index (κ1) is 12.0. The normalized spacial score (nSPS) is 24.6. The molecule has 0 spiro atoms. The Morgan fingerprint density at radius 1 is 1.53 bits per heavy atom. The zero-order chi connectivity index (χ0) is 12.4. The summed E-state index contributed by atoms with van der Waals surface area (Å²) in [5.41, 5.74) is 1.41. The van der Waals surface area contributed by atoms with Crippen molar-refractivity contribution >= 4 is 5.97 Å². The van der Waals surface area contributed by atoms with E-state index in [0.29, 0.717) is 12.0 Å². The number of hydrogen-bond acceptors (Lipinski definition) is 2. The molecule has 92 valence electrons. The van der Waals surface area contributed by atoms with Gasteiger partial charge in [0.15, 0.2) is 0 Å². The Morgan fingerprint density at radius 2 is 2.29 bits per heavy atom. The molecule has 1 saturated heterocycles. The van der Waals surface area contributed by atoms with Crippen LogP contribution in [0.5, 0.6) is 0 Å². The lowest BCUT2D eigenvalue weighted by Crippen LogP contribution is -2.38. The highest BCUT2D eigenvalue weighted by atomic mass is 19.1. The first-order valence-corrected chi connectivity index (χ1v) is 5.82. The lowest BCUT2D eigenvalue weighted by Gasteiger charge is -2.30. The molecule has 1 aromatic carbocycles. The molecule has 2 atom stereocenters. The summed E-state index contributed by atoms with van der Waals surface area (Å²) < 4.78 is 13.2. The molecule has 1 fully saturated rings. The second-order valence-corrected chi connectivity index (χ2v) is 4.53. The van der Waals surface area contributed by atoms with Gasteiger partial charge >= 0.3 is 5.97 Å². The molecular formula is C13H16FNO2. The first-order chi connectivity index (χ1) is 8.09. The van der Waals surface area contributed by atoms with Crippen molar-refractivity contribution in [1.82, 2.24) is 5.32 Å². The van der Waals surface area contributed by atoms with Crippen LogP contribution in [-0.2, 0) is 4.79 Å². The molecule has 0 bridgehead atoms. The van der Waals surface area contributed by atoms with Crippen molar-refractivity contribution in [2.24, 2.45) is 5.92 Å². The van der Waals surface area contributed by atoms with Crippen LogP contribution in [0.2, 0.25) is 0 Å². The Bertz CT molecular complexity index is 433. The molecule has 2 rings (SSSR count). The summed E-state index contributed by atoms with van der Waals surface area (Å²) in [7, 11) is 0. The number of carboxylic acids is 1. The molecule has 1 aromatic rings. The predicted molar refractivity (Wildman–Crippen MR) is 62.2 cm³/mol. The van der Waals surface area contributed by atoms with Gasteiger partial charge in [0, 0.05) is 6.04 Å². The van der Waals surface area contributed by atoms with Gasteiger partial charge in [0.25, 0.3) is 0 Å². The van der Waals surface area contributed by atoms with Crippen LogP contribution in [0.4, 0.5) is 4.39 Å². The number of halogens is 1. The average Bonchev–Trinajstić information content (AvgIpc) is 2.32. The molecule has 2 unspecified atom stereocenters.